The smallest absolute Gasteiger partial charge is 0.209 e. The minimum absolute atomic E-state index is 0.208. The first kappa shape index (κ1) is 20.8. The van der Waals surface area contributed by atoms with Crippen LogP contribution >= 0.6 is 0 Å². The zero-order valence-corrected chi connectivity index (χ0v) is 17.6. The molecule has 0 spiro atoms. The molecule has 0 unspecified atom stereocenters. The first-order chi connectivity index (χ1) is 15.2. The van der Waals surface area contributed by atoms with Crippen molar-refractivity contribution in [3.8, 4) is 5.69 Å². The van der Waals surface area contributed by atoms with E-state index in [0.717, 1.165) is 43.0 Å². The van der Waals surface area contributed by atoms with Crippen molar-refractivity contribution >= 4 is 11.4 Å². The van der Waals surface area contributed by atoms with E-state index < -0.39 is 0 Å². The van der Waals surface area contributed by atoms with Crippen LogP contribution in [0.4, 0.5) is 5.69 Å². The molecule has 2 heterocycles. The molecule has 4 rings (SSSR count). The second kappa shape index (κ2) is 9.53. The topological polar surface area (TPSA) is 82.5 Å². The van der Waals surface area contributed by atoms with Crippen LogP contribution in [-0.4, -0.2) is 28.7 Å². The largest absolute Gasteiger partial charge is 0.405 e. The molecule has 6 nitrogen and oxygen atoms in total. The Morgan fingerprint density at radius 3 is 2.65 bits per heavy atom. The monoisotopic (exact) mass is 414 g/mol. The number of aryl methyl sites for hydroxylation is 1. The van der Waals surface area contributed by atoms with Crippen LogP contribution in [0, 0.1) is 6.92 Å². The second-order valence-corrected chi connectivity index (χ2v) is 7.60. The quantitative estimate of drug-likeness (QED) is 0.639. The molecule has 0 saturated carbocycles. The Labute approximate surface area is 181 Å². The second-order valence-electron chi connectivity index (χ2n) is 7.60. The number of hydrogen-bond acceptors (Lipinski definition) is 5. The van der Waals surface area contributed by atoms with Gasteiger partial charge in [-0.3, -0.25) is 4.79 Å². The number of rotatable bonds is 5. The number of para-hydroxylation sites is 1. The summed E-state index contributed by atoms with van der Waals surface area (Å²) in [5.74, 6) is 0.526. The summed E-state index contributed by atoms with van der Waals surface area (Å²) >= 11 is 0. The molecule has 0 radical (unpaired) electrons. The van der Waals surface area contributed by atoms with Gasteiger partial charge in [0.2, 0.25) is 5.43 Å². The first-order valence-electron chi connectivity index (χ1n) is 10.5. The van der Waals surface area contributed by atoms with E-state index in [9.17, 15) is 4.79 Å². The summed E-state index contributed by atoms with van der Waals surface area (Å²) in [5, 5.41) is 4.61. The predicted molar refractivity (Wildman–Crippen MR) is 123 cm³/mol. The summed E-state index contributed by atoms with van der Waals surface area (Å²) in [6, 6.07) is 17.4. The fourth-order valence-corrected chi connectivity index (χ4v) is 3.84. The molecule has 0 bridgehead atoms. The molecule has 1 aliphatic heterocycles. The number of aromatic nitrogens is 2. The van der Waals surface area contributed by atoms with Crippen LogP contribution in [-0.2, 0) is 4.74 Å². The van der Waals surface area contributed by atoms with Crippen molar-refractivity contribution in [1.82, 2.24) is 9.78 Å². The molecule has 0 amide bonds. The van der Waals surface area contributed by atoms with Crippen molar-refractivity contribution in [2.24, 2.45) is 10.7 Å². The lowest BCUT2D eigenvalue weighted by Gasteiger charge is -2.23. The lowest BCUT2D eigenvalue weighted by molar-refractivity contribution is 0.0853. The van der Waals surface area contributed by atoms with Gasteiger partial charge in [0.15, 0.2) is 5.69 Å². The van der Waals surface area contributed by atoms with Gasteiger partial charge in [-0.2, -0.15) is 5.10 Å². The number of aliphatic imine (C=N–C) groups is 1. The molecule has 6 heteroatoms. The number of ether oxygens (including phenoxy) is 1. The number of nitrogens with zero attached hydrogens (tertiary/aromatic N) is 3. The minimum atomic E-state index is -0.208. The van der Waals surface area contributed by atoms with Crippen LogP contribution in [0.3, 0.4) is 0 Å². The van der Waals surface area contributed by atoms with Crippen LogP contribution in [0.25, 0.3) is 5.69 Å². The standard InChI is InChI=1S/C25H26N4O2/c1-18-17-20(19-11-15-31-16-12-19)7-8-23(18)29-14-10-24(30)25(28-29)22(9-13-26)27-21-5-3-2-4-6-21/h2-10,13-14,17,19H,11-12,15-16,26H2,1H3. The van der Waals surface area contributed by atoms with Gasteiger partial charge in [0.05, 0.1) is 17.1 Å². The summed E-state index contributed by atoms with van der Waals surface area (Å²) < 4.78 is 7.21. The minimum Gasteiger partial charge on any atom is -0.405 e. The Morgan fingerprint density at radius 1 is 1.16 bits per heavy atom. The number of benzene rings is 2. The van der Waals surface area contributed by atoms with E-state index in [1.165, 1.54) is 17.8 Å². The highest BCUT2D eigenvalue weighted by atomic mass is 16.5. The normalized spacial score (nSPS) is 15.5. The van der Waals surface area contributed by atoms with Gasteiger partial charge in [0, 0.05) is 25.5 Å². The van der Waals surface area contributed by atoms with E-state index >= 15 is 0 Å². The van der Waals surface area contributed by atoms with Crippen LogP contribution in [0.1, 0.15) is 35.6 Å². The zero-order chi connectivity index (χ0) is 21.6. The van der Waals surface area contributed by atoms with Gasteiger partial charge < -0.3 is 10.5 Å². The van der Waals surface area contributed by atoms with Gasteiger partial charge in [-0.05, 0) is 67.3 Å². The Hall–Kier alpha value is -3.51. The fourth-order valence-electron chi connectivity index (χ4n) is 3.84. The number of hydrogen-bond donors (Lipinski definition) is 1. The van der Waals surface area contributed by atoms with E-state index in [0.29, 0.717) is 11.6 Å². The summed E-state index contributed by atoms with van der Waals surface area (Å²) in [7, 11) is 0. The number of nitrogens with two attached hydrogens (primary N) is 1. The maximum absolute atomic E-state index is 12.6. The first-order valence-corrected chi connectivity index (χ1v) is 10.5. The summed E-state index contributed by atoms with van der Waals surface area (Å²) in [6.45, 7) is 3.69. The average molecular weight is 415 g/mol. The van der Waals surface area contributed by atoms with Gasteiger partial charge >= 0.3 is 0 Å². The van der Waals surface area contributed by atoms with Crippen LogP contribution in [0.2, 0.25) is 0 Å². The van der Waals surface area contributed by atoms with Gasteiger partial charge in [0.25, 0.3) is 0 Å². The van der Waals surface area contributed by atoms with Crippen molar-refractivity contribution in [2.45, 2.75) is 25.7 Å². The Morgan fingerprint density at radius 2 is 1.94 bits per heavy atom. The molecular formula is C25H26N4O2. The third-order valence-corrected chi connectivity index (χ3v) is 5.47. The van der Waals surface area contributed by atoms with Crippen LogP contribution < -0.4 is 11.2 Å². The van der Waals surface area contributed by atoms with E-state index in [-0.39, 0.29) is 11.1 Å². The van der Waals surface area contributed by atoms with E-state index in [2.05, 4.69) is 35.2 Å². The Kier molecular flexibility index (Phi) is 6.38. The molecule has 1 saturated heterocycles. The lowest BCUT2D eigenvalue weighted by Crippen LogP contribution is -2.21. The van der Waals surface area contributed by atoms with Crippen LogP contribution in [0.15, 0.2) is 82.9 Å². The van der Waals surface area contributed by atoms with Crippen molar-refractivity contribution in [3.63, 3.8) is 0 Å². The predicted octanol–water partition coefficient (Wildman–Crippen LogP) is 4.03. The highest BCUT2D eigenvalue weighted by Crippen LogP contribution is 2.29. The van der Waals surface area contributed by atoms with Gasteiger partial charge in [-0.15, -0.1) is 0 Å². The van der Waals surface area contributed by atoms with E-state index in [4.69, 9.17) is 10.5 Å². The molecular weight excluding hydrogens is 388 g/mol. The Balaban J connectivity index is 1.72. The SMILES string of the molecule is Cc1cc(C2CCOCC2)ccc1-n1ccc(=O)c(C(C=CN)=Nc2ccccc2)n1. The van der Waals surface area contributed by atoms with E-state index in [1.807, 2.05) is 30.3 Å². The highest BCUT2D eigenvalue weighted by Gasteiger charge is 2.17. The molecule has 158 valence electrons. The molecule has 2 aromatic carbocycles. The third-order valence-electron chi connectivity index (χ3n) is 5.47. The summed E-state index contributed by atoms with van der Waals surface area (Å²) in [4.78, 5) is 17.2. The van der Waals surface area contributed by atoms with Crippen molar-refractivity contribution in [3.05, 3.63) is 100 Å². The van der Waals surface area contributed by atoms with Gasteiger partial charge in [0.1, 0.15) is 0 Å². The number of allylic oxidation sites excluding steroid dienone is 1. The van der Waals surface area contributed by atoms with Gasteiger partial charge in [-0.1, -0.05) is 30.3 Å². The van der Waals surface area contributed by atoms with Gasteiger partial charge in [-0.25, -0.2) is 9.67 Å². The molecule has 1 fully saturated rings. The molecule has 0 atom stereocenters. The average Bonchev–Trinajstić information content (AvgIpc) is 2.80. The van der Waals surface area contributed by atoms with Crippen LogP contribution in [0.5, 0.6) is 0 Å². The van der Waals surface area contributed by atoms with Crippen molar-refractivity contribution in [1.29, 1.82) is 0 Å². The molecule has 1 aliphatic rings. The Bertz CT molecular complexity index is 1160. The van der Waals surface area contributed by atoms with Crippen molar-refractivity contribution < 1.29 is 4.74 Å². The molecule has 1 aromatic heterocycles. The fraction of sp³-hybridized carbons (Fsp3) is 0.240. The summed E-state index contributed by atoms with van der Waals surface area (Å²) in [5.41, 5.74) is 10.2. The lowest BCUT2D eigenvalue weighted by atomic mass is 9.90. The maximum Gasteiger partial charge on any atom is 0.209 e. The highest BCUT2D eigenvalue weighted by molar-refractivity contribution is 6.08. The van der Waals surface area contributed by atoms with Crippen molar-refractivity contribution in [2.75, 3.05) is 13.2 Å². The van der Waals surface area contributed by atoms with E-state index in [1.54, 1.807) is 17.0 Å². The maximum atomic E-state index is 12.6. The third kappa shape index (κ3) is 4.81. The molecule has 3 aromatic rings. The summed E-state index contributed by atoms with van der Waals surface area (Å²) in [6.07, 6.45) is 6.75. The zero-order valence-electron chi connectivity index (χ0n) is 17.6. The molecule has 0 aliphatic carbocycles. The molecule has 31 heavy (non-hydrogen) atoms. The molecule has 2 N–H and O–H groups in total.